The Balaban J connectivity index is 0.000000223. The molecule has 0 unspecified atom stereocenters. The molecule has 4 N–H and O–H groups in total. The lowest BCUT2D eigenvalue weighted by molar-refractivity contribution is 0.405. The average molecular weight is 391 g/mol. The van der Waals surface area contributed by atoms with Crippen LogP contribution in [0.3, 0.4) is 0 Å². The summed E-state index contributed by atoms with van der Waals surface area (Å²) in [6, 6.07) is 0. The smallest absolute Gasteiger partial charge is 0.325 e. The number of H-pyrrole nitrogens is 3. The normalized spacial score (nSPS) is 10.2. The lowest BCUT2D eigenvalue weighted by Crippen LogP contribution is -2.21. The van der Waals surface area contributed by atoms with Gasteiger partial charge in [-0.2, -0.15) is 0 Å². The molecule has 0 spiro atoms. The molecule has 0 radical (unpaired) electrons. The minimum absolute atomic E-state index is 0.0969. The number of nitrogens with zero attached hydrogens (tertiary/aromatic N) is 3. The predicted octanol–water partition coefficient (Wildman–Crippen LogP) is 1.52. The highest BCUT2D eigenvalue weighted by atomic mass is 32.2. The fourth-order valence-corrected chi connectivity index (χ4v) is 2.34. The molecule has 0 atom stereocenters. The van der Waals surface area contributed by atoms with Crippen molar-refractivity contribution >= 4 is 28.7 Å². The quantitative estimate of drug-likeness (QED) is 0.281. The van der Waals surface area contributed by atoms with E-state index in [1.807, 2.05) is 18.2 Å². The van der Waals surface area contributed by atoms with Gasteiger partial charge < -0.3 is 20.0 Å². The van der Waals surface area contributed by atoms with Crippen LogP contribution in [-0.2, 0) is 0 Å². The van der Waals surface area contributed by atoms with Crippen LogP contribution in [0.4, 0.5) is 5.82 Å². The number of nitrogens with one attached hydrogen (secondary N) is 4. The number of ether oxygens (including phenoxy) is 1. The zero-order chi connectivity index (χ0) is 19.8. The molecular formula is C16H21N7O3S. The van der Waals surface area contributed by atoms with Crippen LogP contribution < -0.4 is 21.3 Å². The predicted molar refractivity (Wildman–Crippen MR) is 106 cm³/mol. The van der Waals surface area contributed by atoms with Crippen LogP contribution in [-0.4, -0.2) is 49.8 Å². The number of thioether (sulfide) groups is 1. The Hall–Kier alpha value is -3.08. The number of aromatic nitrogens is 6. The number of rotatable bonds is 6. The maximum Gasteiger partial charge on any atom is 0.325 e. The van der Waals surface area contributed by atoms with Gasteiger partial charge in [0.15, 0.2) is 16.6 Å². The SMILES string of the molecule is C=C(C)CCNc1nc(SC)nc2nc[nH]c12.COc1c[nH]c(=O)[nH]c1=O. The molecular weight excluding hydrogens is 370 g/mol. The topological polar surface area (TPSA) is 141 Å². The van der Waals surface area contributed by atoms with Crippen LogP contribution >= 0.6 is 11.8 Å². The molecule has 144 valence electrons. The molecule has 10 nitrogen and oxygen atoms in total. The summed E-state index contributed by atoms with van der Waals surface area (Å²) in [6.45, 7) is 6.70. The highest BCUT2D eigenvalue weighted by Gasteiger charge is 2.08. The average Bonchev–Trinajstić information content (AvgIpc) is 3.10. The molecule has 0 saturated heterocycles. The highest BCUT2D eigenvalue weighted by Crippen LogP contribution is 2.20. The number of hydrogen-bond donors (Lipinski definition) is 4. The molecule has 0 aliphatic carbocycles. The van der Waals surface area contributed by atoms with Crippen molar-refractivity contribution < 1.29 is 4.74 Å². The molecule has 0 bridgehead atoms. The largest absolute Gasteiger partial charge is 0.490 e. The Kier molecular flexibility index (Phi) is 7.17. The number of anilines is 1. The first-order valence-electron chi connectivity index (χ1n) is 7.94. The van der Waals surface area contributed by atoms with Gasteiger partial charge in [0.1, 0.15) is 5.52 Å². The van der Waals surface area contributed by atoms with Gasteiger partial charge in [-0.15, -0.1) is 6.58 Å². The fraction of sp³-hybridized carbons (Fsp3) is 0.312. The molecule has 11 heteroatoms. The van der Waals surface area contributed by atoms with Crippen molar-refractivity contribution in [2.45, 2.75) is 18.5 Å². The van der Waals surface area contributed by atoms with E-state index in [-0.39, 0.29) is 5.75 Å². The molecule has 3 aromatic rings. The summed E-state index contributed by atoms with van der Waals surface area (Å²) < 4.78 is 4.59. The van der Waals surface area contributed by atoms with Crippen LogP contribution in [0.2, 0.25) is 0 Å². The van der Waals surface area contributed by atoms with Gasteiger partial charge in [0.25, 0.3) is 5.56 Å². The van der Waals surface area contributed by atoms with Gasteiger partial charge in [0.2, 0.25) is 5.75 Å². The second-order valence-corrected chi connectivity index (χ2v) is 6.21. The first-order valence-corrected chi connectivity index (χ1v) is 9.16. The molecule has 3 aromatic heterocycles. The third-order valence-electron chi connectivity index (χ3n) is 3.30. The van der Waals surface area contributed by atoms with E-state index < -0.39 is 11.2 Å². The second kappa shape index (κ2) is 9.57. The second-order valence-electron chi connectivity index (χ2n) is 5.43. The molecule has 0 aliphatic heterocycles. The minimum atomic E-state index is -0.536. The van der Waals surface area contributed by atoms with Crippen LogP contribution in [0.1, 0.15) is 13.3 Å². The molecule has 3 heterocycles. The number of hydrogen-bond acceptors (Lipinski definition) is 8. The lowest BCUT2D eigenvalue weighted by atomic mass is 10.2. The summed E-state index contributed by atoms with van der Waals surface area (Å²) in [6.07, 6.45) is 5.72. The molecule has 0 fully saturated rings. The number of aromatic amines is 3. The van der Waals surface area contributed by atoms with Crippen molar-refractivity contribution in [3.8, 4) is 5.75 Å². The third kappa shape index (κ3) is 5.71. The number of fused-ring (bicyclic) bond motifs is 1. The van der Waals surface area contributed by atoms with Crippen LogP contribution in [0, 0.1) is 0 Å². The van der Waals surface area contributed by atoms with Crippen LogP contribution in [0.15, 0.2) is 39.4 Å². The molecule has 3 rings (SSSR count). The van der Waals surface area contributed by atoms with Gasteiger partial charge >= 0.3 is 5.69 Å². The van der Waals surface area contributed by atoms with Crippen molar-refractivity contribution in [2.75, 3.05) is 25.2 Å². The summed E-state index contributed by atoms with van der Waals surface area (Å²) in [7, 11) is 1.35. The Bertz CT molecular complexity index is 1020. The summed E-state index contributed by atoms with van der Waals surface area (Å²) in [4.78, 5) is 41.3. The molecule has 0 aliphatic rings. The summed E-state index contributed by atoms with van der Waals surface area (Å²) >= 11 is 1.51. The summed E-state index contributed by atoms with van der Waals surface area (Å²) in [5, 5.41) is 4.01. The maximum atomic E-state index is 10.7. The van der Waals surface area contributed by atoms with Crippen molar-refractivity contribution in [3.63, 3.8) is 0 Å². The molecule has 0 saturated carbocycles. The minimum Gasteiger partial charge on any atom is -0.490 e. The number of imidazole rings is 1. The Morgan fingerprint density at radius 1 is 1.33 bits per heavy atom. The van der Waals surface area contributed by atoms with E-state index in [4.69, 9.17) is 0 Å². The van der Waals surface area contributed by atoms with Crippen molar-refractivity contribution in [1.29, 1.82) is 0 Å². The Morgan fingerprint density at radius 3 is 2.74 bits per heavy atom. The summed E-state index contributed by atoms with van der Waals surface area (Å²) in [5.41, 5.74) is 1.64. The van der Waals surface area contributed by atoms with E-state index in [0.717, 1.165) is 35.0 Å². The van der Waals surface area contributed by atoms with Gasteiger partial charge in [0, 0.05) is 6.54 Å². The van der Waals surface area contributed by atoms with Gasteiger partial charge in [-0.3, -0.25) is 9.78 Å². The van der Waals surface area contributed by atoms with Crippen LogP contribution in [0.25, 0.3) is 11.2 Å². The van der Waals surface area contributed by atoms with Crippen molar-refractivity contribution in [2.24, 2.45) is 0 Å². The number of methoxy groups -OCH3 is 1. The van der Waals surface area contributed by atoms with Crippen molar-refractivity contribution in [1.82, 2.24) is 29.9 Å². The molecule has 0 aromatic carbocycles. The third-order valence-corrected chi connectivity index (χ3v) is 3.84. The molecule has 0 amide bonds. The van der Waals surface area contributed by atoms with E-state index in [1.165, 1.54) is 25.1 Å². The van der Waals surface area contributed by atoms with Crippen LogP contribution in [0.5, 0.6) is 5.75 Å². The monoisotopic (exact) mass is 391 g/mol. The first-order chi connectivity index (χ1) is 12.9. The van der Waals surface area contributed by atoms with Gasteiger partial charge in [-0.05, 0) is 19.6 Å². The lowest BCUT2D eigenvalue weighted by Gasteiger charge is -2.07. The van der Waals surface area contributed by atoms with Gasteiger partial charge in [0.05, 0.1) is 19.6 Å². The zero-order valence-corrected chi connectivity index (χ0v) is 16.1. The van der Waals surface area contributed by atoms with E-state index in [9.17, 15) is 9.59 Å². The first kappa shape index (κ1) is 20.2. The highest BCUT2D eigenvalue weighted by molar-refractivity contribution is 7.98. The van der Waals surface area contributed by atoms with E-state index in [2.05, 4.69) is 41.6 Å². The van der Waals surface area contributed by atoms with Gasteiger partial charge in [-0.1, -0.05) is 17.3 Å². The Labute approximate surface area is 158 Å². The zero-order valence-electron chi connectivity index (χ0n) is 15.3. The standard InChI is InChI=1S/C11H15N5S.C5H6N2O3/c1-7(2)4-5-12-9-8-10(14-6-13-8)16-11(15-9)17-3;1-10-3-2-6-5(9)7-4(3)8/h6H,1,4-5H2,2-3H3,(H2,12,13,14,15,16);2H,1H3,(H2,6,7,8,9). The van der Waals surface area contributed by atoms with E-state index >= 15 is 0 Å². The van der Waals surface area contributed by atoms with E-state index in [0.29, 0.717) is 5.65 Å². The Morgan fingerprint density at radius 2 is 2.11 bits per heavy atom. The maximum absolute atomic E-state index is 10.7. The van der Waals surface area contributed by atoms with Gasteiger partial charge in [-0.25, -0.2) is 19.7 Å². The van der Waals surface area contributed by atoms with E-state index in [1.54, 1.807) is 6.33 Å². The fourth-order valence-electron chi connectivity index (χ4n) is 1.98. The molecule has 27 heavy (non-hydrogen) atoms. The summed E-state index contributed by atoms with van der Waals surface area (Å²) in [5.74, 6) is 0.901. The van der Waals surface area contributed by atoms with Crippen molar-refractivity contribution in [3.05, 3.63) is 45.5 Å².